The number of hydrogen-bond donors (Lipinski definition) is 1. The molecule has 1 fully saturated rings. The first-order chi connectivity index (χ1) is 9.02. The van der Waals surface area contributed by atoms with Crippen LogP contribution in [0.3, 0.4) is 0 Å². The summed E-state index contributed by atoms with van der Waals surface area (Å²) in [6.45, 7) is 2.72. The van der Waals surface area contributed by atoms with Crippen molar-refractivity contribution in [1.29, 1.82) is 0 Å². The normalized spacial score (nSPS) is 18.4. The number of carboxylic acids is 1. The van der Waals surface area contributed by atoms with Crippen LogP contribution in [0.25, 0.3) is 0 Å². The average molecular weight is 263 g/mol. The van der Waals surface area contributed by atoms with Crippen molar-refractivity contribution in [3.05, 3.63) is 29.3 Å². The molecule has 0 radical (unpaired) electrons. The highest BCUT2D eigenvalue weighted by Crippen LogP contribution is 2.23. The molecule has 1 atom stereocenters. The van der Waals surface area contributed by atoms with Gasteiger partial charge in [-0.05, 0) is 38.0 Å². The highest BCUT2D eigenvalue weighted by atomic mass is 16.5. The molecular formula is C14H17NO4. The number of likely N-dealkylation sites (tertiary alicyclic amines) is 1. The number of methoxy groups -OCH3 is 1. The molecule has 5 nitrogen and oxygen atoms in total. The molecule has 0 spiro atoms. The number of carbonyl (C=O) groups excluding carboxylic acids is 1. The van der Waals surface area contributed by atoms with Crippen LogP contribution in [0.15, 0.2) is 18.2 Å². The molecule has 1 saturated heterocycles. The Morgan fingerprint density at radius 2 is 2.00 bits per heavy atom. The SMILES string of the molecule is COc1cc(C(=O)O)cc(C(=O)N2CCC[C@H]2C)c1. The van der Waals surface area contributed by atoms with Gasteiger partial charge in [0.05, 0.1) is 12.7 Å². The van der Waals surface area contributed by atoms with Crippen LogP contribution >= 0.6 is 0 Å². The van der Waals surface area contributed by atoms with Gasteiger partial charge < -0.3 is 14.7 Å². The Morgan fingerprint density at radius 1 is 1.32 bits per heavy atom. The number of nitrogens with zero attached hydrogens (tertiary/aromatic N) is 1. The number of ether oxygens (including phenoxy) is 1. The Labute approximate surface area is 111 Å². The number of carbonyl (C=O) groups is 2. The van der Waals surface area contributed by atoms with Crippen LogP contribution in [0.4, 0.5) is 0 Å². The van der Waals surface area contributed by atoms with Crippen LogP contribution in [-0.4, -0.2) is 41.6 Å². The van der Waals surface area contributed by atoms with E-state index in [2.05, 4.69) is 0 Å². The maximum Gasteiger partial charge on any atom is 0.335 e. The number of benzene rings is 1. The monoisotopic (exact) mass is 263 g/mol. The summed E-state index contributed by atoms with van der Waals surface area (Å²) in [5, 5.41) is 9.05. The first kappa shape index (κ1) is 13.4. The Hall–Kier alpha value is -2.04. The molecule has 1 N–H and O–H groups in total. The van der Waals surface area contributed by atoms with Gasteiger partial charge in [-0.15, -0.1) is 0 Å². The second-order valence-electron chi connectivity index (χ2n) is 4.75. The summed E-state index contributed by atoms with van der Waals surface area (Å²) in [6, 6.07) is 4.59. The smallest absolute Gasteiger partial charge is 0.335 e. The fourth-order valence-electron chi connectivity index (χ4n) is 2.36. The third kappa shape index (κ3) is 2.70. The summed E-state index contributed by atoms with van der Waals surface area (Å²) >= 11 is 0. The predicted molar refractivity (Wildman–Crippen MR) is 69.7 cm³/mol. The van der Waals surface area contributed by atoms with E-state index < -0.39 is 5.97 Å². The summed E-state index contributed by atoms with van der Waals surface area (Å²) in [4.78, 5) is 25.2. The van der Waals surface area contributed by atoms with E-state index in [4.69, 9.17) is 9.84 Å². The summed E-state index contributed by atoms with van der Waals surface area (Å²) in [5.74, 6) is -0.816. The third-order valence-electron chi connectivity index (χ3n) is 3.45. The maximum absolute atomic E-state index is 12.4. The van der Waals surface area contributed by atoms with Crippen molar-refractivity contribution in [2.24, 2.45) is 0 Å². The molecule has 1 amide bonds. The topological polar surface area (TPSA) is 66.8 Å². The highest BCUT2D eigenvalue weighted by Gasteiger charge is 2.26. The minimum atomic E-state index is -1.07. The van der Waals surface area contributed by atoms with Crippen LogP contribution < -0.4 is 4.74 Å². The molecule has 0 saturated carbocycles. The van der Waals surface area contributed by atoms with E-state index in [-0.39, 0.29) is 17.5 Å². The number of aromatic carboxylic acids is 1. The van der Waals surface area contributed by atoms with Crippen LogP contribution in [0.1, 0.15) is 40.5 Å². The molecule has 1 aromatic carbocycles. The molecule has 5 heteroatoms. The van der Waals surface area contributed by atoms with Crippen molar-refractivity contribution in [1.82, 2.24) is 4.90 Å². The van der Waals surface area contributed by atoms with Crippen molar-refractivity contribution in [3.63, 3.8) is 0 Å². The molecule has 1 aliphatic heterocycles. The van der Waals surface area contributed by atoms with Gasteiger partial charge in [-0.25, -0.2) is 4.79 Å². The number of rotatable bonds is 3. The van der Waals surface area contributed by atoms with Crippen LogP contribution in [0, 0.1) is 0 Å². The van der Waals surface area contributed by atoms with Gasteiger partial charge in [0.1, 0.15) is 5.75 Å². The Balaban J connectivity index is 2.35. The predicted octanol–water partition coefficient (Wildman–Crippen LogP) is 2.02. The van der Waals surface area contributed by atoms with Crippen molar-refractivity contribution in [3.8, 4) is 5.75 Å². The van der Waals surface area contributed by atoms with Gasteiger partial charge >= 0.3 is 5.97 Å². The third-order valence-corrected chi connectivity index (χ3v) is 3.45. The van der Waals surface area contributed by atoms with E-state index >= 15 is 0 Å². The van der Waals surface area contributed by atoms with E-state index in [0.29, 0.717) is 11.3 Å². The zero-order valence-corrected chi connectivity index (χ0v) is 11.0. The molecule has 0 aliphatic carbocycles. The lowest BCUT2D eigenvalue weighted by molar-refractivity contribution is 0.0696. The fourth-order valence-corrected chi connectivity index (χ4v) is 2.36. The minimum absolute atomic E-state index is 0.0644. The van der Waals surface area contributed by atoms with Crippen LogP contribution in [0.5, 0.6) is 5.75 Å². The molecule has 19 heavy (non-hydrogen) atoms. The molecule has 1 heterocycles. The molecule has 0 bridgehead atoms. The first-order valence-electron chi connectivity index (χ1n) is 6.26. The number of amides is 1. The number of hydrogen-bond acceptors (Lipinski definition) is 3. The molecule has 0 unspecified atom stereocenters. The maximum atomic E-state index is 12.4. The van der Waals surface area contributed by atoms with Gasteiger partial charge in [0.2, 0.25) is 0 Å². The van der Waals surface area contributed by atoms with Gasteiger partial charge in [-0.3, -0.25) is 4.79 Å². The zero-order valence-electron chi connectivity index (χ0n) is 11.0. The highest BCUT2D eigenvalue weighted by molar-refractivity contribution is 5.98. The van der Waals surface area contributed by atoms with Gasteiger partial charge in [0.25, 0.3) is 5.91 Å². The van der Waals surface area contributed by atoms with Crippen molar-refractivity contribution in [2.45, 2.75) is 25.8 Å². The van der Waals surface area contributed by atoms with Crippen LogP contribution in [-0.2, 0) is 0 Å². The van der Waals surface area contributed by atoms with Crippen molar-refractivity contribution >= 4 is 11.9 Å². The second-order valence-corrected chi connectivity index (χ2v) is 4.75. The standard InChI is InChI=1S/C14H17NO4/c1-9-4-3-5-15(9)13(16)10-6-11(14(17)18)8-12(7-10)19-2/h6-9H,3-5H2,1-2H3,(H,17,18)/t9-/m1/s1. The lowest BCUT2D eigenvalue weighted by atomic mass is 10.1. The van der Waals surface area contributed by atoms with E-state index in [1.807, 2.05) is 6.92 Å². The van der Waals surface area contributed by atoms with E-state index in [0.717, 1.165) is 19.4 Å². The molecule has 102 valence electrons. The largest absolute Gasteiger partial charge is 0.497 e. The quantitative estimate of drug-likeness (QED) is 0.906. The molecule has 1 aromatic rings. The minimum Gasteiger partial charge on any atom is -0.497 e. The van der Waals surface area contributed by atoms with E-state index in [9.17, 15) is 9.59 Å². The lowest BCUT2D eigenvalue weighted by Crippen LogP contribution is -2.33. The van der Waals surface area contributed by atoms with Gasteiger partial charge in [-0.1, -0.05) is 0 Å². The Bertz CT molecular complexity index is 512. The number of carboxylic acid groups (broad SMARTS) is 1. The Morgan fingerprint density at radius 3 is 2.53 bits per heavy atom. The van der Waals surface area contributed by atoms with E-state index in [1.165, 1.54) is 19.2 Å². The second kappa shape index (κ2) is 5.30. The summed E-state index contributed by atoms with van der Waals surface area (Å²) in [7, 11) is 1.45. The summed E-state index contributed by atoms with van der Waals surface area (Å²) < 4.78 is 5.05. The van der Waals surface area contributed by atoms with Crippen molar-refractivity contribution < 1.29 is 19.4 Å². The first-order valence-corrected chi connectivity index (χ1v) is 6.26. The average Bonchev–Trinajstić information content (AvgIpc) is 2.83. The molecule has 2 rings (SSSR count). The lowest BCUT2D eigenvalue weighted by Gasteiger charge is -2.21. The molecule has 1 aliphatic rings. The van der Waals surface area contributed by atoms with Crippen molar-refractivity contribution in [2.75, 3.05) is 13.7 Å². The summed E-state index contributed by atoms with van der Waals surface area (Å²) in [5.41, 5.74) is 0.431. The molecular weight excluding hydrogens is 246 g/mol. The van der Waals surface area contributed by atoms with Crippen LogP contribution in [0.2, 0.25) is 0 Å². The van der Waals surface area contributed by atoms with Gasteiger partial charge in [-0.2, -0.15) is 0 Å². The summed E-state index contributed by atoms with van der Waals surface area (Å²) in [6.07, 6.45) is 1.98. The molecule has 0 aromatic heterocycles. The van der Waals surface area contributed by atoms with E-state index in [1.54, 1.807) is 11.0 Å². The van der Waals surface area contributed by atoms with Gasteiger partial charge in [0.15, 0.2) is 0 Å². The fraction of sp³-hybridized carbons (Fsp3) is 0.429. The Kier molecular flexibility index (Phi) is 3.74. The zero-order chi connectivity index (χ0) is 14.0. The van der Waals surface area contributed by atoms with Gasteiger partial charge in [0, 0.05) is 18.2 Å².